The molecule has 5 heterocycles. The van der Waals surface area contributed by atoms with Crippen molar-refractivity contribution in [3.8, 4) is 39.6 Å². The Hall–Kier alpha value is -7.32. The summed E-state index contributed by atoms with van der Waals surface area (Å²) in [5.41, 5.74) is 14.1. The molecule has 0 amide bonds. The molecule has 0 N–H and O–H groups in total. The maximum atomic E-state index is 6.84. The topological polar surface area (TPSA) is 95.7 Å². The van der Waals surface area contributed by atoms with E-state index in [1.807, 2.05) is 36.7 Å². The summed E-state index contributed by atoms with van der Waals surface area (Å²) in [4.78, 5) is 22.9. The Kier molecular flexibility index (Phi) is 12.5. The Labute approximate surface area is 434 Å². The molecule has 1 radical (unpaired) electrons. The minimum atomic E-state index is -0.0774. The monoisotopic (exact) mass is 1120 g/mol. The minimum Gasteiger partial charge on any atom is -0.501 e. The number of benzene rings is 7. The fraction of sp³-hybridized carbons (Fsp3) is 0.222. The first-order valence-electron chi connectivity index (χ1n) is 24.5. The first-order valence-corrected chi connectivity index (χ1v) is 24.5. The van der Waals surface area contributed by atoms with Crippen molar-refractivity contribution in [1.82, 2.24) is 29.5 Å². The summed E-state index contributed by atoms with van der Waals surface area (Å²) in [6.45, 7) is 21.8. The smallest absolute Gasteiger partial charge is 0.136 e. The number of aromatic nitrogens is 6. The molecule has 0 saturated heterocycles. The van der Waals surface area contributed by atoms with Crippen molar-refractivity contribution < 1.29 is 28.9 Å². The van der Waals surface area contributed by atoms with Crippen molar-refractivity contribution in [3.63, 3.8) is 0 Å². The second-order valence-corrected chi connectivity index (χ2v) is 21.3. The van der Waals surface area contributed by atoms with Crippen LogP contribution in [0.25, 0.3) is 105 Å². The van der Waals surface area contributed by atoms with Gasteiger partial charge in [-0.05, 0) is 98.5 Å². The molecule has 5 aromatic heterocycles. The molecule has 361 valence electrons. The SMILES string of the molecule is CC(C)(C)c1cnc(-c2[c-]nc(C(C)(C)C)nc2)nc1.CC(C)c1cc(-c2ccccc2)cc(C(C)C)c1-n1c(-c2[c-]ccc3c2oc2cc4c(cc23)oc2ccccc24)nc2ccc3ccccc3c21.[Ir]. The maximum Gasteiger partial charge on any atom is 0.136 e. The van der Waals surface area contributed by atoms with Crippen LogP contribution >= 0.6 is 0 Å². The van der Waals surface area contributed by atoms with Crippen molar-refractivity contribution >= 4 is 65.7 Å². The second-order valence-electron chi connectivity index (χ2n) is 21.3. The van der Waals surface area contributed by atoms with Gasteiger partial charge in [-0.25, -0.2) is 0 Å². The number of para-hydroxylation sites is 1. The van der Waals surface area contributed by atoms with E-state index in [1.54, 1.807) is 6.20 Å². The van der Waals surface area contributed by atoms with Crippen LogP contribution in [-0.2, 0) is 30.9 Å². The number of imidazole rings is 1. The number of nitrogens with zero attached hydrogens (tertiary/aromatic N) is 6. The van der Waals surface area contributed by atoms with E-state index in [9.17, 15) is 0 Å². The maximum absolute atomic E-state index is 6.84. The Morgan fingerprint density at radius 2 is 1.21 bits per heavy atom. The summed E-state index contributed by atoms with van der Waals surface area (Å²) in [6.07, 6.45) is 8.43. The number of hydrogen-bond donors (Lipinski definition) is 0. The van der Waals surface area contributed by atoms with Gasteiger partial charge in [-0.3, -0.25) is 15.0 Å². The molecule has 0 unspecified atom stereocenters. The average molecular weight is 1120 g/mol. The Bertz CT molecular complexity index is 3860. The molecule has 72 heavy (non-hydrogen) atoms. The van der Waals surface area contributed by atoms with Crippen molar-refractivity contribution in [1.29, 1.82) is 0 Å². The van der Waals surface area contributed by atoms with Crippen LogP contribution in [0.3, 0.4) is 0 Å². The van der Waals surface area contributed by atoms with Gasteiger partial charge >= 0.3 is 0 Å². The van der Waals surface area contributed by atoms with Gasteiger partial charge in [-0.15, -0.1) is 18.2 Å². The second kappa shape index (κ2) is 18.7. The molecular weight excluding hydrogens is 1060 g/mol. The van der Waals surface area contributed by atoms with Gasteiger partial charge in [-0.1, -0.05) is 171 Å². The van der Waals surface area contributed by atoms with Crippen LogP contribution < -0.4 is 0 Å². The largest absolute Gasteiger partial charge is 0.501 e. The standard InChI is InChI=1S/C47H35N2O2.C16H21N4.Ir/c1-27(2)36-23-31(29-13-6-5-7-14-29)24-37(28(3)4)44(36)49-45-32-16-9-8-15-30(32)21-22-40(45)48-47(49)35-19-12-18-34-39-26-42-38(25-43(39)51-46(34)35)33-17-10-11-20-41(33)50-42;1-15(2,3)12-9-17-13(18-10-12)11-7-19-14(20-8-11)16(4,5)6;/h5-18,20-28H,1-4H3;7,9-10H,1-6H3;/q2*-1;. The van der Waals surface area contributed by atoms with Crippen LogP contribution in [0.1, 0.15) is 104 Å². The van der Waals surface area contributed by atoms with E-state index in [0.717, 1.165) is 88.6 Å². The molecule has 0 aliphatic heterocycles. The fourth-order valence-electron chi connectivity index (χ4n) is 9.58. The third-order valence-corrected chi connectivity index (χ3v) is 13.5. The van der Waals surface area contributed by atoms with E-state index in [0.29, 0.717) is 5.82 Å². The molecule has 0 aliphatic carbocycles. The van der Waals surface area contributed by atoms with Gasteiger partial charge in [0.15, 0.2) is 0 Å². The van der Waals surface area contributed by atoms with Gasteiger partial charge in [0.05, 0.1) is 28.3 Å². The van der Waals surface area contributed by atoms with Crippen molar-refractivity contribution in [3.05, 3.63) is 181 Å². The predicted molar refractivity (Wildman–Crippen MR) is 290 cm³/mol. The van der Waals surface area contributed by atoms with Gasteiger partial charge in [-0.2, -0.15) is 0 Å². The molecule has 9 heteroatoms. The molecule has 0 spiro atoms. The molecule has 0 atom stereocenters. The molecule has 7 aromatic carbocycles. The summed E-state index contributed by atoms with van der Waals surface area (Å²) in [6, 6.07) is 48.5. The Morgan fingerprint density at radius 3 is 1.86 bits per heavy atom. The first-order chi connectivity index (χ1) is 34.1. The summed E-state index contributed by atoms with van der Waals surface area (Å²) in [5.74, 6) is 2.69. The zero-order chi connectivity index (χ0) is 49.3. The number of hydrogen-bond acceptors (Lipinski definition) is 7. The van der Waals surface area contributed by atoms with Gasteiger partial charge in [0.1, 0.15) is 16.7 Å². The molecule has 8 nitrogen and oxygen atoms in total. The number of furan rings is 2. The van der Waals surface area contributed by atoms with E-state index in [4.69, 9.17) is 13.8 Å². The van der Waals surface area contributed by atoms with Crippen molar-refractivity contribution in [2.75, 3.05) is 0 Å². The molecule has 12 rings (SSSR count). The quantitative estimate of drug-likeness (QED) is 0.153. The zero-order valence-electron chi connectivity index (χ0n) is 42.3. The summed E-state index contributed by atoms with van der Waals surface area (Å²) in [5, 5.41) is 6.49. The minimum absolute atomic E-state index is 0. The molecule has 0 saturated carbocycles. The third-order valence-electron chi connectivity index (χ3n) is 13.5. The van der Waals surface area contributed by atoms with Crippen molar-refractivity contribution in [2.45, 2.75) is 91.9 Å². The van der Waals surface area contributed by atoms with Crippen LogP contribution in [0.2, 0.25) is 0 Å². The number of fused-ring (bicyclic) bond motifs is 9. The normalized spacial score (nSPS) is 12.2. The van der Waals surface area contributed by atoms with Gasteiger partial charge in [0.25, 0.3) is 0 Å². The van der Waals surface area contributed by atoms with E-state index in [1.165, 1.54) is 33.3 Å². The fourth-order valence-corrected chi connectivity index (χ4v) is 9.58. The van der Waals surface area contributed by atoms with Gasteiger partial charge in [0.2, 0.25) is 0 Å². The van der Waals surface area contributed by atoms with E-state index >= 15 is 0 Å². The molecule has 0 bridgehead atoms. The van der Waals surface area contributed by atoms with Crippen LogP contribution in [0.4, 0.5) is 0 Å². The summed E-state index contributed by atoms with van der Waals surface area (Å²) < 4.78 is 15.6. The van der Waals surface area contributed by atoms with Crippen LogP contribution in [0.15, 0.2) is 155 Å². The van der Waals surface area contributed by atoms with E-state index in [2.05, 4.69) is 209 Å². The Balaban J connectivity index is 0.000000240. The zero-order valence-corrected chi connectivity index (χ0v) is 44.7. The molecule has 0 aliphatic rings. The van der Waals surface area contributed by atoms with Gasteiger partial charge in [0, 0.05) is 65.6 Å². The first kappa shape index (κ1) is 48.3. The van der Waals surface area contributed by atoms with Crippen LogP contribution in [0, 0.1) is 12.3 Å². The predicted octanol–water partition coefficient (Wildman–Crippen LogP) is 16.7. The summed E-state index contributed by atoms with van der Waals surface area (Å²) >= 11 is 0. The van der Waals surface area contributed by atoms with E-state index < -0.39 is 0 Å². The third kappa shape index (κ3) is 8.69. The molecular formula is C63H56IrN6O2-2. The van der Waals surface area contributed by atoms with Crippen molar-refractivity contribution in [2.24, 2.45) is 0 Å². The molecule has 12 aromatic rings. The van der Waals surface area contributed by atoms with Crippen LogP contribution in [0.5, 0.6) is 0 Å². The Morgan fingerprint density at radius 1 is 0.569 bits per heavy atom. The van der Waals surface area contributed by atoms with Gasteiger partial charge < -0.3 is 23.4 Å². The molecule has 0 fully saturated rings. The summed E-state index contributed by atoms with van der Waals surface area (Å²) in [7, 11) is 0. The number of rotatable bonds is 6. The average Bonchev–Trinajstić information content (AvgIpc) is 4.06. The van der Waals surface area contributed by atoms with Crippen LogP contribution in [-0.4, -0.2) is 29.5 Å². The van der Waals surface area contributed by atoms with E-state index in [-0.39, 0.29) is 42.8 Å².